The van der Waals surface area contributed by atoms with Crippen LogP contribution >= 0.6 is 23.4 Å². The number of hydrogen-bond donors (Lipinski definition) is 1. The maximum absolute atomic E-state index is 11.5. The van der Waals surface area contributed by atoms with E-state index < -0.39 is 0 Å². The van der Waals surface area contributed by atoms with Crippen LogP contribution in [0, 0.1) is 0 Å². The van der Waals surface area contributed by atoms with Crippen LogP contribution in [-0.4, -0.2) is 26.4 Å². The second kappa shape index (κ2) is 5.50. The number of hydrogen-bond acceptors (Lipinski definition) is 4. The molecule has 0 fully saturated rings. The lowest BCUT2D eigenvalue weighted by molar-refractivity contribution is -0.113. The second-order valence-electron chi connectivity index (χ2n) is 4.16. The third-order valence-electron chi connectivity index (χ3n) is 1.53. The third kappa shape index (κ3) is 5.32. The van der Waals surface area contributed by atoms with Crippen LogP contribution in [0.5, 0.6) is 0 Å². The van der Waals surface area contributed by atoms with Crippen molar-refractivity contribution >= 4 is 35.1 Å². The van der Waals surface area contributed by atoms with Gasteiger partial charge in [-0.3, -0.25) is 4.79 Å². The van der Waals surface area contributed by atoms with Gasteiger partial charge in [-0.25, -0.2) is 9.97 Å². The average Bonchev–Trinajstić information content (AvgIpc) is 2.14. The minimum absolute atomic E-state index is 0.0701. The first-order valence-electron chi connectivity index (χ1n) is 4.79. The van der Waals surface area contributed by atoms with Crippen molar-refractivity contribution in [3.05, 3.63) is 17.5 Å². The van der Waals surface area contributed by atoms with E-state index in [1.165, 1.54) is 6.20 Å². The van der Waals surface area contributed by atoms with E-state index in [2.05, 4.69) is 36.1 Å². The Morgan fingerprint density at radius 3 is 2.81 bits per heavy atom. The number of nitrogens with one attached hydrogen (secondary N) is 1. The smallest absolute Gasteiger partial charge is 0.235 e. The van der Waals surface area contributed by atoms with Gasteiger partial charge in [-0.2, -0.15) is 0 Å². The molecule has 0 aliphatic heterocycles. The summed E-state index contributed by atoms with van der Waals surface area (Å²) >= 11 is 7.18. The SMILES string of the molecule is CC(C)(C)SCC(=O)Nc1ccnc(Cl)n1. The van der Waals surface area contributed by atoms with Gasteiger partial charge in [-0.15, -0.1) is 11.8 Å². The van der Waals surface area contributed by atoms with Gasteiger partial charge in [0.2, 0.25) is 11.2 Å². The molecule has 0 aliphatic rings. The number of thioether (sulfide) groups is 1. The summed E-state index contributed by atoms with van der Waals surface area (Å²) in [5.74, 6) is 0.736. The largest absolute Gasteiger partial charge is 0.310 e. The van der Waals surface area contributed by atoms with E-state index >= 15 is 0 Å². The lowest BCUT2D eigenvalue weighted by atomic mass is 10.3. The molecule has 1 rings (SSSR count). The van der Waals surface area contributed by atoms with Crippen LogP contribution in [0.2, 0.25) is 5.28 Å². The van der Waals surface area contributed by atoms with Crippen LogP contribution in [0.3, 0.4) is 0 Å². The van der Waals surface area contributed by atoms with E-state index in [-0.39, 0.29) is 15.9 Å². The number of halogens is 1. The maximum atomic E-state index is 11.5. The highest BCUT2D eigenvalue weighted by Crippen LogP contribution is 2.22. The Morgan fingerprint density at radius 1 is 1.56 bits per heavy atom. The van der Waals surface area contributed by atoms with Crippen LogP contribution < -0.4 is 5.32 Å². The van der Waals surface area contributed by atoms with E-state index in [0.29, 0.717) is 11.6 Å². The molecule has 0 spiro atoms. The number of anilines is 1. The number of rotatable bonds is 3. The number of amides is 1. The first-order valence-corrected chi connectivity index (χ1v) is 6.15. The van der Waals surface area contributed by atoms with Gasteiger partial charge in [0.15, 0.2) is 0 Å². The van der Waals surface area contributed by atoms with Gasteiger partial charge in [-0.1, -0.05) is 20.8 Å². The van der Waals surface area contributed by atoms with Gasteiger partial charge in [0.1, 0.15) is 5.82 Å². The van der Waals surface area contributed by atoms with E-state index in [9.17, 15) is 4.79 Å². The highest BCUT2D eigenvalue weighted by Gasteiger charge is 2.13. The highest BCUT2D eigenvalue weighted by atomic mass is 35.5. The molecule has 0 saturated heterocycles. The van der Waals surface area contributed by atoms with Crippen molar-refractivity contribution < 1.29 is 4.79 Å². The predicted octanol–water partition coefficient (Wildman–Crippen LogP) is 2.60. The molecule has 0 saturated carbocycles. The molecule has 88 valence electrons. The minimum atomic E-state index is -0.0882. The third-order valence-corrected chi connectivity index (χ3v) is 2.98. The average molecular weight is 260 g/mol. The Balaban J connectivity index is 2.46. The Hall–Kier alpha value is -0.810. The van der Waals surface area contributed by atoms with E-state index in [0.717, 1.165) is 0 Å². The molecule has 1 heterocycles. The number of aromatic nitrogens is 2. The van der Waals surface area contributed by atoms with Gasteiger partial charge in [0, 0.05) is 10.9 Å². The topological polar surface area (TPSA) is 54.9 Å². The summed E-state index contributed by atoms with van der Waals surface area (Å²) in [6, 6.07) is 1.60. The van der Waals surface area contributed by atoms with Crippen LogP contribution in [0.15, 0.2) is 12.3 Å². The molecule has 0 aliphatic carbocycles. The second-order valence-corrected chi connectivity index (χ2v) is 6.30. The van der Waals surface area contributed by atoms with Gasteiger partial charge in [-0.05, 0) is 17.7 Å². The van der Waals surface area contributed by atoms with Gasteiger partial charge in [0.05, 0.1) is 5.75 Å². The molecule has 16 heavy (non-hydrogen) atoms. The van der Waals surface area contributed by atoms with Crippen LogP contribution in [0.1, 0.15) is 20.8 Å². The zero-order valence-corrected chi connectivity index (χ0v) is 11.0. The minimum Gasteiger partial charge on any atom is -0.310 e. The molecule has 1 aromatic heterocycles. The lowest BCUT2D eigenvalue weighted by Gasteiger charge is -2.16. The number of carbonyl (C=O) groups excluding carboxylic acids is 1. The van der Waals surface area contributed by atoms with Gasteiger partial charge < -0.3 is 5.32 Å². The molecular formula is C10H14ClN3OS. The van der Waals surface area contributed by atoms with Gasteiger partial charge in [0.25, 0.3) is 0 Å². The molecule has 0 bridgehead atoms. The normalized spacial score (nSPS) is 11.2. The molecule has 1 N–H and O–H groups in total. The molecule has 0 unspecified atom stereocenters. The number of nitrogens with zero attached hydrogens (tertiary/aromatic N) is 2. The standard InChI is InChI=1S/C10H14ClN3OS/c1-10(2,3)16-6-8(15)13-7-4-5-12-9(11)14-7/h4-5H,6H2,1-3H3,(H,12,13,14,15). The summed E-state index contributed by atoms with van der Waals surface area (Å²) < 4.78 is 0.0701. The van der Waals surface area contributed by atoms with Crippen LogP contribution in [0.4, 0.5) is 5.82 Å². The monoisotopic (exact) mass is 259 g/mol. The Morgan fingerprint density at radius 2 is 2.25 bits per heavy atom. The molecule has 0 atom stereocenters. The van der Waals surface area contributed by atoms with Crippen molar-refractivity contribution in [1.29, 1.82) is 0 Å². The van der Waals surface area contributed by atoms with Crippen molar-refractivity contribution in [2.45, 2.75) is 25.5 Å². The first kappa shape index (κ1) is 13.3. The fourth-order valence-electron chi connectivity index (χ4n) is 0.866. The fourth-order valence-corrected chi connectivity index (χ4v) is 1.65. The zero-order valence-electron chi connectivity index (χ0n) is 9.45. The van der Waals surface area contributed by atoms with Gasteiger partial charge >= 0.3 is 0 Å². The molecule has 6 heteroatoms. The first-order chi connectivity index (χ1) is 7.37. The summed E-state index contributed by atoms with van der Waals surface area (Å²) in [5, 5.41) is 2.79. The van der Waals surface area contributed by atoms with Crippen molar-refractivity contribution in [2.24, 2.45) is 0 Å². The van der Waals surface area contributed by atoms with Crippen LogP contribution in [-0.2, 0) is 4.79 Å². The van der Waals surface area contributed by atoms with Crippen molar-refractivity contribution in [3.8, 4) is 0 Å². The van der Waals surface area contributed by atoms with E-state index in [4.69, 9.17) is 11.6 Å². The molecule has 4 nitrogen and oxygen atoms in total. The highest BCUT2D eigenvalue weighted by molar-refractivity contribution is 8.01. The summed E-state index contributed by atoms with van der Waals surface area (Å²) in [4.78, 5) is 19.1. The molecule has 0 aromatic carbocycles. The molecular weight excluding hydrogens is 246 g/mol. The van der Waals surface area contributed by atoms with Crippen LogP contribution in [0.25, 0.3) is 0 Å². The van der Waals surface area contributed by atoms with Crippen molar-refractivity contribution in [1.82, 2.24) is 9.97 Å². The van der Waals surface area contributed by atoms with Crippen molar-refractivity contribution in [2.75, 3.05) is 11.1 Å². The molecule has 1 aromatic rings. The summed E-state index contributed by atoms with van der Waals surface area (Å²) in [6.45, 7) is 6.19. The van der Waals surface area contributed by atoms with E-state index in [1.54, 1.807) is 17.8 Å². The summed E-state index contributed by atoms with van der Waals surface area (Å²) in [5.41, 5.74) is 0. The zero-order chi connectivity index (χ0) is 12.2. The maximum Gasteiger partial charge on any atom is 0.235 e. The number of carbonyl (C=O) groups is 1. The summed E-state index contributed by atoms with van der Waals surface area (Å²) in [6.07, 6.45) is 1.50. The van der Waals surface area contributed by atoms with E-state index in [1.807, 2.05) is 0 Å². The quantitative estimate of drug-likeness (QED) is 0.848. The Labute approximate surface area is 104 Å². The Kier molecular flexibility index (Phi) is 4.56. The molecule has 1 amide bonds. The fraction of sp³-hybridized carbons (Fsp3) is 0.500. The predicted molar refractivity (Wildman–Crippen MR) is 67.9 cm³/mol. The lowest BCUT2D eigenvalue weighted by Crippen LogP contribution is -2.19. The summed E-state index contributed by atoms with van der Waals surface area (Å²) in [7, 11) is 0. The Bertz CT molecular complexity index is 379. The van der Waals surface area contributed by atoms with Crippen molar-refractivity contribution in [3.63, 3.8) is 0 Å². The molecule has 0 radical (unpaired) electrons.